The molecule has 0 rings (SSSR count). The van der Waals surface area contributed by atoms with Crippen LogP contribution in [0.2, 0.25) is 0 Å². The van der Waals surface area contributed by atoms with Gasteiger partial charge in [0.25, 0.3) is 0 Å². The number of hydrogen-bond acceptors (Lipinski definition) is 3. The van der Waals surface area contributed by atoms with Crippen molar-refractivity contribution in [3.05, 3.63) is 0 Å². The molecule has 0 fully saturated rings. The number of hydrogen-bond donors (Lipinski definition) is 0. The number of carbonyl (C=O) groups excluding carboxylic acids is 2. The monoisotopic (exact) mass is 152 g/mol. The van der Waals surface area contributed by atoms with Crippen LogP contribution < -0.4 is 0 Å². The van der Waals surface area contributed by atoms with Gasteiger partial charge in [0.2, 0.25) is 0 Å². The fraction of sp³-hybridized carbons (Fsp3) is 0.667. The second-order valence-electron chi connectivity index (χ2n) is 2.42. The van der Waals surface area contributed by atoms with E-state index in [0.29, 0.717) is 0 Å². The molecule has 0 aliphatic carbocycles. The molecule has 0 spiro atoms. The normalized spacial score (nSPS) is 12.4. The molecule has 0 aliphatic heterocycles. The standard InChI is InChI=1S/C6H9O3.Na/c1-3-9-6(8)4-5(2)7;/h3H,4H2,1-2H3;. The van der Waals surface area contributed by atoms with Gasteiger partial charge in [-0.05, 0) is 0 Å². The first-order chi connectivity index (χ1) is 4.52. The first-order valence-electron chi connectivity index (χ1n) is 3.21. The van der Waals surface area contributed by atoms with Crippen molar-refractivity contribution in [1.82, 2.24) is 0 Å². The van der Waals surface area contributed by atoms with Crippen molar-refractivity contribution < 1.29 is 14.3 Å². The maximum atomic E-state index is 10.6. The van der Waals surface area contributed by atoms with E-state index in [2.05, 4.69) is 0 Å². The molecule has 1 atom stereocenters. The van der Waals surface area contributed by atoms with Gasteiger partial charge in [-0.1, -0.05) is 0 Å². The van der Waals surface area contributed by atoms with Crippen LogP contribution in [0.5, 0.6) is 0 Å². The molecule has 0 aromatic heterocycles. The summed E-state index contributed by atoms with van der Waals surface area (Å²) < 4.78 is 4.77. The zero-order valence-electron chi connectivity index (χ0n) is 6.51. The third kappa shape index (κ3) is 6.26. The van der Waals surface area contributed by atoms with E-state index in [0.717, 1.165) is 27.9 Å². The zero-order valence-corrected chi connectivity index (χ0v) is 8.51. The van der Waals surface area contributed by atoms with Crippen molar-refractivity contribution in [2.24, 2.45) is 0 Å². The van der Waals surface area contributed by atoms with Gasteiger partial charge in [0.05, 0.1) is 0 Å². The first kappa shape index (κ1) is 10.1. The Morgan fingerprint density at radius 2 is 2.10 bits per heavy atom. The SMILES string of the molecule is CC(=O)CC(=O)O[CH](C)[Na]. The van der Waals surface area contributed by atoms with Crippen LogP contribution in [0.3, 0.4) is 0 Å². The number of ether oxygens (including phenoxy) is 1. The number of Topliss-reactive ketones (excluding diaryl/α,β-unsaturated/α-hetero) is 1. The molecule has 4 heteroatoms. The van der Waals surface area contributed by atoms with E-state index >= 15 is 0 Å². The van der Waals surface area contributed by atoms with Crippen molar-refractivity contribution in [3.63, 3.8) is 0 Å². The molecule has 0 amide bonds. The predicted octanol–water partition coefficient (Wildman–Crippen LogP) is 0.0232. The van der Waals surface area contributed by atoms with Gasteiger partial charge in [-0.25, -0.2) is 0 Å². The molecule has 0 bridgehead atoms. The fourth-order valence-electron chi connectivity index (χ4n) is 0.508. The van der Waals surface area contributed by atoms with Gasteiger partial charge in [0.15, 0.2) is 0 Å². The predicted molar refractivity (Wildman–Crippen MR) is 36.6 cm³/mol. The van der Waals surface area contributed by atoms with E-state index in [4.69, 9.17) is 4.74 Å². The summed E-state index contributed by atoms with van der Waals surface area (Å²) in [6.45, 7) is 3.18. The molecule has 0 radical (unpaired) electrons. The topological polar surface area (TPSA) is 43.4 Å². The molecular weight excluding hydrogens is 143 g/mol. The Balaban J connectivity index is 3.54. The Hall–Kier alpha value is 0.140. The molecule has 1 unspecified atom stereocenters. The molecule has 3 nitrogen and oxygen atoms in total. The van der Waals surface area contributed by atoms with Crippen LogP contribution in [0.1, 0.15) is 20.3 Å². The first-order valence-corrected chi connectivity index (χ1v) is 4.36. The van der Waals surface area contributed by atoms with Gasteiger partial charge in [-0.15, -0.1) is 0 Å². The number of esters is 1. The second kappa shape index (κ2) is 4.88. The van der Waals surface area contributed by atoms with Crippen LogP contribution in [0.25, 0.3) is 0 Å². The maximum absolute atomic E-state index is 10.6. The van der Waals surface area contributed by atoms with Gasteiger partial charge in [0, 0.05) is 0 Å². The molecule has 0 heterocycles. The van der Waals surface area contributed by atoms with Gasteiger partial charge in [0.1, 0.15) is 0 Å². The second-order valence-corrected chi connectivity index (χ2v) is 4.04. The van der Waals surface area contributed by atoms with Crippen molar-refractivity contribution in [1.29, 1.82) is 0 Å². The minimum absolute atomic E-state index is 0.00634. The average molecular weight is 152 g/mol. The third-order valence-corrected chi connectivity index (χ3v) is 0.996. The van der Waals surface area contributed by atoms with Gasteiger partial charge in [-0.2, -0.15) is 0 Å². The molecule has 52 valence electrons. The average Bonchev–Trinajstić information content (AvgIpc) is 1.58. The summed E-state index contributed by atoms with van der Waals surface area (Å²) in [5, 5.41) is 0. The Labute approximate surface area is 77.5 Å². The number of ketones is 1. The Morgan fingerprint density at radius 3 is 2.40 bits per heavy atom. The van der Waals surface area contributed by atoms with Crippen LogP contribution in [0, 0.1) is 0 Å². The van der Waals surface area contributed by atoms with Crippen molar-refractivity contribution in [2.45, 2.75) is 23.6 Å². The number of rotatable bonds is 3. The van der Waals surface area contributed by atoms with Crippen LogP contribution in [0.15, 0.2) is 0 Å². The number of carbonyl (C=O) groups is 2. The fourth-order valence-corrected chi connectivity index (χ4v) is 0.771. The Kier molecular flexibility index (Phi) is 4.95. The summed E-state index contributed by atoms with van der Waals surface area (Å²) >= 11 is 0.813. The van der Waals surface area contributed by atoms with Crippen molar-refractivity contribution in [3.8, 4) is 0 Å². The Morgan fingerprint density at radius 1 is 1.60 bits per heavy atom. The summed E-state index contributed by atoms with van der Waals surface area (Å²) in [6.07, 6.45) is -0.0907. The van der Waals surface area contributed by atoms with E-state index in [1.807, 2.05) is 6.92 Å². The molecule has 0 aromatic rings. The third-order valence-electron chi connectivity index (χ3n) is 0.760. The summed E-state index contributed by atoms with van der Waals surface area (Å²) in [5.74, 6) is -0.553. The summed E-state index contributed by atoms with van der Waals surface area (Å²) in [4.78, 5) is 21.0. The molecule has 10 heavy (non-hydrogen) atoms. The minimum atomic E-state index is -0.407. The molecule has 0 saturated carbocycles. The van der Waals surface area contributed by atoms with Crippen molar-refractivity contribution >= 4 is 39.7 Å². The quantitative estimate of drug-likeness (QED) is 0.325. The molecule has 0 aromatic carbocycles. The Bertz CT molecular complexity index is 142. The summed E-state index contributed by atoms with van der Waals surface area (Å²) in [6, 6.07) is 0. The van der Waals surface area contributed by atoms with E-state index in [-0.39, 0.29) is 15.6 Å². The van der Waals surface area contributed by atoms with Crippen LogP contribution in [0.4, 0.5) is 0 Å². The van der Waals surface area contributed by atoms with Gasteiger partial charge >= 0.3 is 77.6 Å². The van der Waals surface area contributed by atoms with E-state index in [9.17, 15) is 9.59 Å². The molecule has 0 N–H and O–H groups in total. The van der Waals surface area contributed by atoms with Crippen molar-refractivity contribution in [2.75, 3.05) is 0 Å². The van der Waals surface area contributed by atoms with E-state index in [1.165, 1.54) is 6.92 Å². The van der Waals surface area contributed by atoms with Crippen LogP contribution in [-0.2, 0) is 14.3 Å². The van der Waals surface area contributed by atoms with Crippen LogP contribution in [-0.4, -0.2) is 43.0 Å². The van der Waals surface area contributed by atoms with E-state index in [1.54, 1.807) is 0 Å². The zero-order chi connectivity index (χ0) is 8.15. The van der Waals surface area contributed by atoms with Crippen LogP contribution >= 0.6 is 0 Å². The molecule has 0 aliphatic rings. The van der Waals surface area contributed by atoms with Gasteiger partial charge < -0.3 is 0 Å². The molecule has 0 saturated heterocycles. The summed E-state index contributed by atoms with van der Waals surface area (Å²) in [7, 11) is 0. The van der Waals surface area contributed by atoms with E-state index < -0.39 is 5.97 Å². The summed E-state index contributed by atoms with van der Waals surface area (Å²) in [5.41, 5.74) is 0. The van der Waals surface area contributed by atoms with Gasteiger partial charge in [-0.3, -0.25) is 0 Å². The molecular formula is C6H9NaO3.